The fraction of sp³-hybridized carbons (Fsp3) is 0.333. The monoisotopic (exact) mass is 396 g/mol. The van der Waals surface area contributed by atoms with Gasteiger partial charge in [0.1, 0.15) is 0 Å². The Morgan fingerprint density at radius 1 is 1.07 bits per heavy atom. The summed E-state index contributed by atoms with van der Waals surface area (Å²) in [6.45, 7) is 2.33. The Morgan fingerprint density at radius 2 is 1.86 bits per heavy atom. The summed E-state index contributed by atoms with van der Waals surface area (Å²) >= 11 is 0. The van der Waals surface area contributed by atoms with Gasteiger partial charge in [-0.3, -0.25) is 15.0 Å². The van der Waals surface area contributed by atoms with Crippen LogP contribution >= 0.6 is 0 Å². The van der Waals surface area contributed by atoms with Gasteiger partial charge in [0, 0.05) is 30.8 Å². The Balaban J connectivity index is 1.29. The molecule has 2 heterocycles. The molecule has 0 unspecified atom stereocenters. The number of imide groups is 1. The topological polar surface area (TPSA) is 106 Å². The second-order valence-corrected chi connectivity index (χ2v) is 7.28. The first-order chi connectivity index (χ1) is 14.1. The Bertz CT molecular complexity index is 890. The molecule has 2 atom stereocenters. The standard InChI is InChI=1S/C21H24N4O4/c22-9-15-10-25(11-17(15)14-4-2-1-3-5-14)12-20(26)24-21(27)23-16-6-7-18-19(8-16)29-13-28-18/h1-8,15,17H,9-13,22H2,(H2,23,24,26,27)/t15-,17+/m1/s1. The quantitative estimate of drug-likeness (QED) is 0.711. The highest BCUT2D eigenvalue weighted by atomic mass is 16.7. The third-order valence-electron chi connectivity index (χ3n) is 5.30. The van der Waals surface area contributed by atoms with Crippen LogP contribution in [0.3, 0.4) is 0 Å². The number of hydrogen-bond donors (Lipinski definition) is 3. The van der Waals surface area contributed by atoms with Crippen LogP contribution in [0.5, 0.6) is 11.5 Å². The second-order valence-electron chi connectivity index (χ2n) is 7.28. The van der Waals surface area contributed by atoms with Gasteiger partial charge in [0.25, 0.3) is 0 Å². The zero-order valence-corrected chi connectivity index (χ0v) is 16.0. The highest BCUT2D eigenvalue weighted by Crippen LogP contribution is 2.34. The molecular weight excluding hydrogens is 372 g/mol. The average molecular weight is 396 g/mol. The minimum absolute atomic E-state index is 0.147. The molecule has 8 heteroatoms. The number of nitrogens with two attached hydrogens (primary N) is 1. The molecule has 0 radical (unpaired) electrons. The maximum absolute atomic E-state index is 12.3. The maximum atomic E-state index is 12.3. The summed E-state index contributed by atoms with van der Waals surface area (Å²) in [7, 11) is 0. The van der Waals surface area contributed by atoms with Crippen molar-refractivity contribution in [3.8, 4) is 11.5 Å². The molecule has 4 N–H and O–H groups in total. The van der Waals surface area contributed by atoms with Crippen LogP contribution in [0.15, 0.2) is 48.5 Å². The number of anilines is 1. The van der Waals surface area contributed by atoms with Crippen LogP contribution in [-0.2, 0) is 4.79 Å². The molecule has 1 saturated heterocycles. The minimum Gasteiger partial charge on any atom is -0.454 e. The lowest BCUT2D eigenvalue weighted by Gasteiger charge is -2.16. The number of likely N-dealkylation sites (tertiary alicyclic amines) is 1. The van der Waals surface area contributed by atoms with Crippen molar-refractivity contribution in [3.05, 3.63) is 54.1 Å². The normalized spacial score (nSPS) is 20.4. The summed E-state index contributed by atoms with van der Waals surface area (Å²) in [4.78, 5) is 26.5. The van der Waals surface area contributed by atoms with Crippen LogP contribution in [0.25, 0.3) is 0 Å². The van der Waals surface area contributed by atoms with Crippen molar-refractivity contribution >= 4 is 17.6 Å². The summed E-state index contributed by atoms with van der Waals surface area (Å²) < 4.78 is 10.5. The van der Waals surface area contributed by atoms with E-state index in [1.165, 1.54) is 5.56 Å². The van der Waals surface area contributed by atoms with Gasteiger partial charge in [0.15, 0.2) is 11.5 Å². The number of nitrogens with zero attached hydrogens (tertiary/aromatic N) is 1. The minimum atomic E-state index is -0.581. The summed E-state index contributed by atoms with van der Waals surface area (Å²) in [5.41, 5.74) is 7.70. The van der Waals surface area contributed by atoms with Crippen molar-refractivity contribution in [1.29, 1.82) is 0 Å². The molecule has 152 valence electrons. The molecule has 0 aromatic heterocycles. The van der Waals surface area contributed by atoms with Gasteiger partial charge < -0.3 is 20.5 Å². The molecule has 0 saturated carbocycles. The number of carbonyl (C=O) groups excluding carboxylic acids is 2. The van der Waals surface area contributed by atoms with E-state index < -0.39 is 6.03 Å². The summed E-state index contributed by atoms with van der Waals surface area (Å²) in [5.74, 6) is 1.41. The fourth-order valence-corrected chi connectivity index (χ4v) is 3.91. The lowest BCUT2D eigenvalue weighted by atomic mass is 9.89. The molecule has 0 spiro atoms. The van der Waals surface area contributed by atoms with E-state index >= 15 is 0 Å². The molecule has 2 aliphatic heterocycles. The van der Waals surface area contributed by atoms with Crippen LogP contribution in [0.4, 0.5) is 10.5 Å². The Kier molecular flexibility index (Phi) is 5.64. The number of urea groups is 1. The second kappa shape index (κ2) is 8.50. The van der Waals surface area contributed by atoms with Crippen LogP contribution in [-0.4, -0.2) is 49.8 Å². The number of nitrogens with one attached hydrogen (secondary N) is 2. The van der Waals surface area contributed by atoms with E-state index in [9.17, 15) is 9.59 Å². The number of fused-ring (bicyclic) bond motifs is 1. The lowest BCUT2D eigenvalue weighted by Crippen LogP contribution is -2.41. The SMILES string of the molecule is NC[C@@H]1CN(CC(=O)NC(=O)Nc2ccc3c(c2)OCO3)C[C@H]1c1ccccc1. The molecule has 2 aromatic carbocycles. The maximum Gasteiger partial charge on any atom is 0.325 e. The molecule has 4 rings (SSSR count). The van der Waals surface area contributed by atoms with Crippen molar-refractivity contribution in [3.63, 3.8) is 0 Å². The first kappa shape index (κ1) is 19.2. The number of amides is 3. The van der Waals surface area contributed by atoms with E-state index in [0.717, 1.165) is 13.1 Å². The predicted molar refractivity (Wildman–Crippen MR) is 108 cm³/mol. The lowest BCUT2D eigenvalue weighted by molar-refractivity contribution is -0.120. The van der Waals surface area contributed by atoms with Gasteiger partial charge in [-0.2, -0.15) is 0 Å². The first-order valence-electron chi connectivity index (χ1n) is 9.60. The molecule has 0 aliphatic carbocycles. The third-order valence-corrected chi connectivity index (χ3v) is 5.30. The smallest absolute Gasteiger partial charge is 0.325 e. The Hall–Kier alpha value is -3.10. The van der Waals surface area contributed by atoms with Crippen LogP contribution in [0, 0.1) is 5.92 Å². The van der Waals surface area contributed by atoms with E-state index in [1.54, 1.807) is 18.2 Å². The molecular formula is C21H24N4O4. The summed E-state index contributed by atoms with van der Waals surface area (Å²) in [5, 5.41) is 5.01. The van der Waals surface area contributed by atoms with Gasteiger partial charge >= 0.3 is 6.03 Å². The van der Waals surface area contributed by atoms with Gasteiger partial charge in [-0.05, 0) is 30.2 Å². The van der Waals surface area contributed by atoms with Gasteiger partial charge in [-0.1, -0.05) is 30.3 Å². The number of benzene rings is 2. The fourth-order valence-electron chi connectivity index (χ4n) is 3.91. The molecule has 8 nitrogen and oxygen atoms in total. The molecule has 29 heavy (non-hydrogen) atoms. The van der Waals surface area contributed by atoms with E-state index in [2.05, 4.69) is 22.8 Å². The van der Waals surface area contributed by atoms with E-state index in [0.29, 0.717) is 23.7 Å². The van der Waals surface area contributed by atoms with Gasteiger partial charge in [0.05, 0.1) is 6.54 Å². The highest BCUT2D eigenvalue weighted by molar-refractivity contribution is 6.01. The van der Waals surface area contributed by atoms with E-state index in [4.69, 9.17) is 15.2 Å². The number of hydrogen-bond acceptors (Lipinski definition) is 6. The van der Waals surface area contributed by atoms with Gasteiger partial charge in [-0.15, -0.1) is 0 Å². The van der Waals surface area contributed by atoms with Gasteiger partial charge in [0.2, 0.25) is 12.7 Å². The molecule has 3 amide bonds. The van der Waals surface area contributed by atoms with E-state index in [1.807, 2.05) is 23.1 Å². The molecule has 2 aromatic rings. The van der Waals surface area contributed by atoms with Gasteiger partial charge in [-0.25, -0.2) is 4.79 Å². The zero-order chi connectivity index (χ0) is 20.2. The molecule has 0 bridgehead atoms. The van der Waals surface area contributed by atoms with Crippen molar-refractivity contribution in [1.82, 2.24) is 10.2 Å². The molecule has 2 aliphatic rings. The highest BCUT2D eigenvalue weighted by Gasteiger charge is 2.33. The third kappa shape index (κ3) is 4.49. The predicted octanol–water partition coefficient (Wildman–Crippen LogP) is 1.74. The Morgan fingerprint density at radius 3 is 2.66 bits per heavy atom. The average Bonchev–Trinajstić information content (AvgIpc) is 3.34. The number of carbonyl (C=O) groups is 2. The molecule has 1 fully saturated rings. The number of rotatable bonds is 5. The van der Waals surface area contributed by atoms with Crippen molar-refractivity contribution in [2.75, 3.05) is 38.3 Å². The van der Waals surface area contributed by atoms with Crippen molar-refractivity contribution in [2.24, 2.45) is 11.7 Å². The zero-order valence-electron chi connectivity index (χ0n) is 16.0. The van der Waals surface area contributed by atoms with Crippen LogP contribution in [0.2, 0.25) is 0 Å². The van der Waals surface area contributed by atoms with Crippen LogP contribution in [0.1, 0.15) is 11.5 Å². The van der Waals surface area contributed by atoms with Crippen molar-refractivity contribution in [2.45, 2.75) is 5.92 Å². The number of ether oxygens (including phenoxy) is 2. The summed E-state index contributed by atoms with van der Waals surface area (Å²) in [6.07, 6.45) is 0. The first-order valence-corrected chi connectivity index (χ1v) is 9.60. The van der Waals surface area contributed by atoms with E-state index in [-0.39, 0.29) is 31.1 Å². The Labute approximate surface area is 169 Å². The summed E-state index contributed by atoms with van der Waals surface area (Å²) in [6, 6.07) is 14.7. The largest absolute Gasteiger partial charge is 0.454 e. The van der Waals surface area contributed by atoms with Crippen molar-refractivity contribution < 1.29 is 19.1 Å². The van der Waals surface area contributed by atoms with Crippen LogP contribution < -0.4 is 25.8 Å².